The van der Waals surface area contributed by atoms with E-state index in [0.29, 0.717) is 30.5 Å². The average molecular weight is 427 g/mol. The third kappa shape index (κ3) is 3.94. The Bertz CT molecular complexity index is 1220. The zero-order chi connectivity index (χ0) is 20.2. The first-order valence-corrected chi connectivity index (χ1v) is 8.87. The van der Waals surface area contributed by atoms with Crippen LogP contribution >= 0.6 is 12.4 Å². The molecule has 0 bridgehead atoms. The summed E-state index contributed by atoms with van der Waals surface area (Å²) in [5.74, 6) is 1.63. The lowest BCUT2D eigenvalue weighted by molar-refractivity contribution is 0.144. The molecule has 4 rings (SSSR count). The Morgan fingerprint density at radius 3 is 2.67 bits per heavy atom. The van der Waals surface area contributed by atoms with Gasteiger partial charge in [-0.15, -0.1) is 17.7 Å². The van der Waals surface area contributed by atoms with E-state index in [4.69, 9.17) is 24.2 Å². The van der Waals surface area contributed by atoms with Crippen LogP contribution in [0.3, 0.4) is 0 Å². The predicted molar refractivity (Wildman–Crippen MR) is 114 cm³/mol. The van der Waals surface area contributed by atoms with Crippen LogP contribution in [-0.4, -0.2) is 42.4 Å². The third-order valence-corrected chi connectivity index (χ3v) is 4.54. The SMILES string of the molecule is COCCOc1cc2ncnc(-c3c[nH]c4ccc(OC#N)cc34)c2cc1OC.Cl. The van der Waals surface area contributed by atoms with E-state index >= 15 is 0 Å². The molecule has 0 aliphatic heterocycles. The molecule has 0 saturated carbocycles. The second-order valence-electron chi connectivity index (χ2n) is 6.19. The molecule has 0 aliphatic carbocycles. The van der Waals surface area contributed by atoms with Crippen molar-refractivity contribution in [1.29, 1.82) is 5.26 Å². The van der Waals surface area contributed by atoms with Crippen molar-refractivity contribution in [1.82, 2.24) is 15.0 Å². The minimum Gasteiger partial charge on any atom is -0.493 e. The van der Waals surface area contributed by atoms with Gasteiger partial charge >= 0.3 is 0 Å². The smallest absolute Gasteiger partial charge is 0.292 e. The van der Waals surface area contributed by atoms with Crippen LogP contribution in [0.5, 0.6) is 17.2 Å². The molecule has 154 valence electrons. The summed E-state index contributed by atoms with van der Waals surface area (Å²) in [5.41, 5.74) is 3.23. The Morgan fingerprint density at radius 1 is 1.03 bits per heavy atom. The second kappa shape index (κ2) is 9.31. The van der Waals surface area contributed by atoms with Crippen molar-refractivity contribution in [2.75, 3.05) is 27.4 Å². The van der Waals surface area contributed by atoms with E-state index in [9.17, 15) is 0 Å². The molecule has 9 heteroatoms. The number of aromatic amines is 1. The highest BCUT2D eigenvalue weighted by molar-refractivity contribution is 6.03. The maximum atomic E-state index is 8.80. The molecule has 30 heavy (non-hydrogen) atoms. The summed E-state index contributed by atoms with van der Waals surface area (Å²) in [7, 11) is 3.21. The number of benzene rings is 2. The number of ether oxygens (including phenoxy) is 4. The van der Waals surface area contributed by atoms with Gasteiger partial charge in [0.15, 0.2) is 11.5 Å². The normalized spacial score (nSPS) is 10.4. The van der Waals surface area contributed by atoms with E-state index in [-0.39, 0.29) is 12.4 Å². The van der Waals surface area contributed by atoms with E-state index in [2.05, 4.69) is 15.0 Å². The van der Waals surface area contributed by atoms with E-state index in [1.807, 2.05) is 24.4 Å². The molecule has 0 amide bonds. The van der Waals surface area contributed by atoms with Gasteiger partial charge in [0, 0.05) is 41.2 Å². The van der Waals surface area contributed by atoms with E-state index in [1.165, 1.54) is 6.33 Å². The minimum atomic E-state index is 0. The molecule has 0 atom stereocenters. The number of halogens is 1. The maximum Gasteiger partial charge on any atom is 0.292 e. The summed E-state index contributed by atoms with van der Waals surface area (Å²) in [5, 5.41) is 10.5. The maximum absolute atomic E-state index is 8.80. The number of methoxy groups -OCH3 is 2. The molecule has 0 unspecified atom stereocenters. The molecule has 0 spiro atoms. The van der Waals surface area contributed by atoms with Gasteiger partial charge in [0.25, 0.3) is 6.26 Å². The zero-order valence-electron chi connectivity index (χ0n) is 16.3. The molecular formula is C21H19ClN4O4. The van der Waals surface area contributed by atoms with Crippen molar-refractivity contribution in [3.05, 3.63) is 42.9 Å². The van der Waals surface area contributed by atoms with Crippen molar-refractivity contribution >= 4 is 34.2 Å². The number of fused-ring (bicyclic) bond motifs is 2. The Labute approximate surface area is 178 Å². The standard InChI is InChI=1S/C21H18N4O4.ClH/c1-26-5-6-28-20-9-18-15(8-19(20)27-2)21(25-12-24-18)16-10-23-17-4-3-13(29-11-22)7-14(16)17;/h3-4,7-10,12,23H,5-6H2,1-2H3;1H. The first kappa shape index (κ1) is 21.2. The number of aromatic nitrogens is 3. The lowest BCUT2D eigenvalue weighted by Crippen LogP contribution is -2.05. The van der Waals surface area contributed by atoms with Crippen molar-refractivity contribution in [3.63, 3.8) is 0 Å². The molecule has 0 fully saturated rings. The molecule has 4 aromatic rings. The highest BCUT2D eigenvalue weighted by Gasteiger charge is 2.16. The van der Waals surface area contributed by atoms with Gasteiger partial charge < -0.3 is 23.9 Å². The quantitative estimate of drug-likeness (QED) is 0.350. The molecular weight excluding hydrogens is 408 g/mol. The van der Waals surface area contributed by atoms with E-state index in [0.717, 1.165) is 33.1 Å². The molecule has 2 aromatic carbocycles. The fourth-order valence-electron chi connectivity index (χ4n) is 3.20. The Morgan fingerprint density at radius 2 is 1.90 bits per heavy atom. The van der Waals surface area contributed by atoms with Crippen LogP contribution in [-0.2, 0) is 4.74 Å². The highest BCUT2D eigenvalue weighted by atomic mass is 35.5. The molecule has 0 saturated heterocycles. The van der Waals surface area contributed by atoms with Crippen molar-refractivity contribution < 1.29 is 18.9 Å². The van der Waals surface area contributed by atoms with Gasteiger partial charge in [-0.2, -0.15) is 0 Å². The summed E-state index contributed by atoms with van der Waals surface area (Å²) in [6.07, 6.45) is 5.08. The Kier molecular flexibility index (Phi) is 6.57. The predicted octanol–water partition coefficient (Wildman–Crippen LogP) is 4.09. The molecule has 8 nitrogen and oxygen atoms in total. The van der Waals surface area contributed by atoms with Crippen molar-refractivity contribution in [2.24, 2.45) is 0 Å². The molecule has 0 radical (unpaired) electrons. The highest BCUT2D eigenvalue weighted by Crippen LogP contribution is 2.38. The summed E-state index contributed by atoms with van der Waals surface area (Å²) in [4.78, 5) is 12.1. The van der Waals surface area contributed by atoms with Crippen LogP contribution < -0.4 is 14.2 Å². The van der Waals surface area contributed by atoms with Gasteiger partial charge in [0.2, 0.25) is 0 Å². The number of nitriles is 1. The summed E-state index contributed by atoms with van der Waals surface area (Å²) in [6, 6.07) is 9.08. The Balaban J connectivity index is 0.00000256. The fourth-order valence-corrected chi connectivity index (χ4v) is 3.20. The van der Waals surface area contributed by atoms with Crippen molar-refractivity contribution in [3.8, 4) is 34.8 Å². The second-order valence-corrected chi connectivity index (χ2v) is 6.19. The molecule has 2 aromatic heterocycles. The minimum absolute atomic E-state index is 0. The van der Waals surface area contributed by atoms with Crippen LogP contribution in [0.2, 0.25) is 0 Å². The van der Waals surface area contributed by atoms with Gasteiger partial charge in [0.05, 0.1) is 24.9 Å². The van der Waals surface area contributed by atoms with Gasteiger partial charge in [-0.05, 0) is 24.3 Å². The number of hydrogen-bond acceptors (Lipinski definition) is 7. The van der Waals surface area contributed by atoms with E-state index in [1.54, 1.807) is 32.6 Å². The Hall–Kier alpha value is -3.54. The number of nitrogens with zero attached hydrogens (tertiary/aromatic N) is 3. The van der Waals surface area contributed by atoms with Crippen LogP contribution in [0.15, 0.2) is 42.9 Å². The van der Waals surface area contributed by atoms with Crippen LogP contribution in [0.4, 0.5) is 0 Å². The molecule has 1 N–H and O–H groups in total. The third-order valence-electron chi connectivity index (χ3n) is 4.54. The van der Waals surface area contributed by atoms with Crippen LogP contribution in [0, 0.1) is 11.5 Å². The van der Waals surface area contributed by atoms with Gasteiger partial charge in [-0.1, -0.05) is 0 Å². The first-order chi connectivity index (χ1) is 14.2. The van der Waals surface area contributed by atoms with Crippen LogP contribution in [0.1, 0.15) is 0 Å². The molecule has 2 heterocycles. The zero-order valence-corrected chi connectivity index (χ0v) is 17.2. The number of hydrogen-bond donors (Lipinski definition) is 1. The topological polar surface area (TPSA) is 102 Å². The van der Waals surface area contributed by atoms with Gasteiger partial charge in [-0.25, -0.2) is 9.97 Å². The molecule has 0 aliphatic rings. The fraction of sp³-hybridized carbons (Fsp3) is 0.190. The average Bonchev–Trinajstić information content (AvgIpc) is 3.16. The summed E-state index contributed by atoms with van der Waals surface area (Å²) in [6.45, 7) is 0.874. The van der Waals surface area contributed by atoms with Crippen molar-refractivity contribution in [2.45, 2.75) is 0 Å². The lowest BCUT2D eigenvalue weighted by atomic mass is 10.0. The number of H-pyrrole nitrogens is 1. The largest absolute Gasteiger partial charge is 0.493 e. The van der Waals surface area contributed by atoms with Gasteiger partial charge in [0.1, 0.15) is 18.7 Å². The summed E-state index contributed by atoms with van der Waals surface area (Å²) < 4.78 is 21.3. The lowest BCUT2D eigenvalue weighted by Gasteiger charge is -2.13. The van der Waals surface area contributed by atoms with Crippen LogP contribution in [0.25, 0.3) is 33.1 Å². The monoisotopic (exact) mass is 426 g/mol. The van der Waals surface area contributed by atoms with E-state index < -0.39 is 0 Å². The number of nitrogens with one attached hydrogen (secondary N) is 1. The first-order valence-electron chi connectivity index (χ1n) is 8.87. The van der Waals surface area contributed by atoms with Gasteiger partial charge in [-0.3, -0.25) is 0 Å². The summed E-state index contributed by atoms with van der Waals surface area (Å²) >= 11 is 0. The number of rotatable bonds is 7.